The quantitative estimate of drug-likeness (QED) is 0.795. The molecule has 1 aromatic carbocycles. The molecule has 20 heavy (non-hydrogen) atoms. The van der Waals surface area contributed by atoms with Crippen molar-refractivity contribution in [1.82, 2.24) is 4.98 Å². The molecule has 1 atom stereocenters. The Kier molecular flexibility index (Phi) is 3.84. The first kappa shape index (κ1) is 13.8. The first-order valence-corrected chi connectivity index (χ1v) is 6.06. The fraction of sp³-hybridized carbons (Fsp3) is 0.143. The third-order valence-electron chi connectivity index (χ3n) is 2.90. The van der Waals surface area contributed by atoms with Crippen LogP contribution in [0.5, 0.6) is 0 Å². The number of carbonyl (C=O) groups excluding carboxylic acids is 1. The van der Waals surface area contributed by atoms with Gasteiger partial charge in [0.25, 0.3) is 5.91 Å². The van der Waals surface area contributed by atoms with Gasteiger partial charge in [0, 0.05) is 5.56 Å². The molecule has 0 bridgehead atoms. The fourth-order valence-corrected chi connectivity index (χ4v) is 1.83. The standard InChI is InChI=1S/C14H15FN4O/c1-8(9-4-2-3-5-10(9)15)18-14-11(16)6-7-12(19-14)13(17)20/h2-8H,16H2,1H3,(H2,17,20)(H,18,19). The van der Waals surface area contributed by atoms with Gasteiger partial charge in [-0.1, -0.05) is 18.2 Å². The number of hydrogen-bond donors (Lipinski definition) is 3. The lowest BCUT2D eigenvalue weighted by atomic mass is 10.1. The molecule has 5 nitrogen and oxygen atoms in total. The van der Waals surface area contributed by atoms with E-state index in [1.54, 1.807) is 25.1 Å². The van der Waals surface area contributed by atoms with Crippen LogP contribution in [-0.2, 0) is 0 Å². The summed E-state index contributed by atoms with van der Waals surface area (Å²) in [6.45, 7) is 1.77. The van der Waals surface area contributed by atoms with Crippen molar-refractivity contribution in [3.8, 4) is 0 Å². The summed E-state index contributed by atoms with van der Waals surface area (Å²) in [6.07, 6.45) is 0. The van der Waals surface area contributed by atoms with Gasteiger partial charge < -0.3 is 16.8 Å². The number of amides is 1. The molecule has 1 amide bonds. The summed E-state index contributed by atoms with van der Waals surface area (Å²) in [5.41, 5.74) is 11.9. The van der Waals surface area contributed by atoms with Crippen molar-refractivity contribution in [2.75, 3.05) is 11.1 Å². The van der Waals surface area contributed by atoms with Gasteiger partial charge in [0.05, 0.1) is 11.7 Å². The van der Waals surface area contributed by atoms with Crippen LogP contribution in [0.15, 0.2) is 36.4 Å². The van der Waals surface area contributed by atoms with Crippen LogP contribution in [0.2, 0.25) is 0 Å². The molecule has 2 rings (SSSR count). The average molecular weight is 274 g/mol. The molecule has 1 heterocycles. The molecule has 6 heteroatoms. The SMILES string of the molecule is CC(Nc1nc(C(N)=O)ccc1N)c1ccccc1F. The highest BCUT2D eigenvalue weighted by Crippen LogP contribution is 2.24. The number of halogens is 1. The molecule has 0 aliphatic rings. The molecule has 1 aromatic heterocycles. The van der Waals surface area contributed by atoms with E-state index < -0.39 is 5.91 Å². The number of nitrogens with one attached hydrogen (secondary N) is 1. The van der Waals surface area contributed by atoms with E-state index in [-0.39, 0.29) is 17.6 Å². The van der Waals surface area contributed by atoms with Gasteiger partial charge in [-0.3, -0.25) is 4.79 Å². The van der Waals surface area contributed by atoms with Gasteiger partial charge >= 0.3 is 0 Å². The van der Waals surface area contributed by atoms with E-state index in [9.17, 15) is 9.18 Å². The van der Waals surface area contributed by atoms with Crippen LogP contribution in [0.3, 0.4) is 0 Å². The van der Waals surface area contributed by atoms with Gasteiger partial charge in [-0.05, 0) is 25.1 Å². The zero-order chi connectivity index (χ0) is 14.7. The summed E-state index contributed by atoms with van der Waals surface area (Å²) in [5.74, 6) is -0.666. The highest BCUT2D eigenvalue weighted by molar-refractivity contribution is 5.91. The van der Waals surface area contributed by atoms with Gasteiger partial charge in [-0.2, -0.15) is 0 Å². The van der Waals surface area contributed by atoms with Crippen molar-refractivity contribution in [3.05, 3.63) is 53.5 Å². The molecule has 1 unspecified atom stereocenters. The van der Waals surface area contributed by atoms with Gasteiger partial charge in [0.2, 0.25) is 0 Å². The topological polar surface area (TPSA) is 94.0 Å². The van der Waals surface area contributed by atoms with E-state index in [1.807, 2.05) is 0 Å². The minimum absolute atomic E-state index is 0.0995. The Labute approximate surface area is 115 Å². The summed E-state index contributed by atoms with van der Waals surface area (Å²) in [6, 6.07) is 9.03. The number of primary amides is 1. The van der Waals surface area contributed by atoms with Crippen molar-refractivity contribution >= 4 is 17.4 Å². The van der Waals surface area contributed by atoms with Gasteiger partial charge in [0.1, 0.15) is 11.5 Å². The zero-order valence-electron chi connectivity index (χ0n) is 10.9. The lowest BCUT2D eigenvalue weighted by molar-refractivity contribution is 0.0995. The van der Waals surface area contributed by atoms with Crippen LogP contribution < -0.4 is 16.8 Å². The number of aromatic nitrogens is 1. The Bertz CT molecular complexity index is 645. The van der Waals surface area contributed by atoms with Crippen LogP contribution in [0.1, 0.15) is 29.0 Å². The van der Waals surface area contributed by atoms with E-state index in [0.29, 0.717) is 17.1 Å². The lowest BCUT2D eigenvalue weighted by Gasteiger charge is -2.17. The lowest BCUT2D eigenvalue weighted by Crippen LogP contribution is -2.16. The van der Waals surface area contributed by atoms with E-state index in [4.69, 9.17) is 11.5 Å². The number of nitrogens with two attached hydrogens (primary N) is 2. The van der Waals surface area contributed by atoms with Crippen molar-refractivity contribution < 1.29 is 9.18 Å². The predicted octanol–water partition coefficient (Wildman–Crippen LogP) is 2.07. The summed E-state index contributed by atoms with van der Waals surface area (Å²) >= 11 is 0. The number of pyridine rings is 1. The summed E-state index contributed by atoms with van der Waals surface area (Å²) < 4.78 is 13.7. The Morgan fingerprint density at radius 3 is 2.65 bits per heavy atom. The molecular weight excluding hydrogens is 259 g/mol. The van der Waals surface area contributed by atoms with E-state index in [1.165, 1.54) is 18.2 Å². The number of nitrogen functional groups attached to an aromatic ring is 1. The van der Waals surface area contributed by atoms with E-state index in [0.717, 1.165) is 0 Å². The average Bonchev–Trinajstić information content (AvgIpc) is 2.41. The molecule has 104 valence electrons. The summed E-state index contributed by atoms with van der Waals surface area (Å²) in [4.78, 5) is 15.1. The van der Waals surface area contributed by atoms with Crippen LogP contribution in [0, 0.1) is 5.82 Å². The minimum Gasteiger partial charge on any atom is -0.396 e. The smallest absolute Gasteiger partial charge is 0.267 e. The van der Waals surface area contributed by atoms with Crippen molar-refractivity contribution in [1.29, 1.82) is 0 Å². The van der Waals surface area contributed by atoms with E-state index in [2.05, 4.69) is 10.3 Å². The monoisotopic (exact) mass is 274 g/mol. The second-order valence-corrected chi connectivity index (χ2v) is 4.39. The maximum atomic E-state index is 13.7. The third-order valence-corrected chi connectivity index (χ3v) is 2.90. The van der Waals surface area contributed by atoms with Crippen LogP contribution in [0.25, 0.3) is 0 Å². The van der Waals surface area contributed by atoms with Gasteiger partial charge in [-0.25, -0.2) is 9.37 Å². The Morgan fingerprint density at radius 2 is 2.00 bits per heavy atom. The van der Waals surface area contributed by atoms with Crippen molar-refractivity contribution in [2.45, 2.75) is 13.0 Å². The maximum absolute atomic E-state index is 13.7. The summed E-state index contributed by atoms with van der Waals surface area (Å²) in [7, 11) is 0. The molecule has 0 saturated heterocycles. The van der Waals surface area contributed by atoms with Crippen LogP contribution in [-0.4, -0.2) is 10.9 Å². The number of nitrogens with zero attached hydrogens (tertiary/aromatic N) is 1. The molecule has 5 N–H and O–H groups in total. The Balaban J connectivity index is 2.28. The number of anilines is 2. The molecule has 0 aliphatic carbocycles. The predicted molar refractivity (Wildman–Crippen MR) is 75.6 cm³/mol. The second-order valence-electron chi connectivity index (χ2n) is 4.39. The highest BCUT2D eigenvalue weighted by atomic mass is 19.1. The second kappa shape index (κ2) is 5.56. The summed E-state index contributed by atoms with van der Waals surface area (Å²) in [5, 5.41) is 2.98. The molecule has 0 saturated carbocycles. The molecule has 0 fully saturated rings. The fourth-order valence-electron chi connectivity index (χ4n) is 1.83. The highest BCUT2D eigenvalue weighted by Gasteiger charge is 2.13. The molecule has 0 aliphatic heterocycles. The number of benzene rings is 1. The van der Waals surface area contributed by atoms with Crippen LogP contribution >= 0.6 is 0 Å². The van der Waals surface area contributed by atoms with Crippen molar-refractivity contribution in [2.24, 2.45) is 5.73 Å². The van der Waals surface area contributed by atoms with E-state index >= 15 is 0 Å². The number of rotatable bonds is 4. The zero-order valence-corrected chi connectivity index (χ0v) is 10.9. The Morgan fingerprint density at radius 1 is 1.30 bits per heavy atom. The van der Waals surface area contributed by atoms with Gasteiger partial charge in [-0.15, -0.1) is 0 Å². The van der Waals surface area contributed by atoms with Gasteiger partial charge in [0.15, 0.2) is 5.82 Å². The first-order valence-electron chi connectivity index (χ1n) is 6.06. The minimum atomic E-state index is -0.647. The normalized spacial score (nSPS) is 11.9. The third kappa shape index (κ3) is 2.85. The van der Waals surface area contributed by atoms with Crippen LogP contribution in [0.4, 0.5) is 15.9 Å². The number of hydrogen-bond acceptors (Lipinski definition) is 4. The van der Waals surface area contributed by atoms with Crippen molar-refractivity contribution in [3.63, 3.8) is 0 Å². The first-order chi connectivity index (χ1) is 9.49. The molecule has 0 radical (unpaired) electrons. The molecular formula is C14H15FN4O. The maximum Gasteiger partial charge on any atom is 0.267 e. The Hall–Kier alpha value is -2.63. The molecule has 2 aromatic rings. The molecule has 0 spiro atoms. The number of carbonyl (C=O) groups is 1. The largest absolute Gasteiger partial charge is 0.396 e.